The summed E-state index contributed by atoms with van der Waals surface area (Å²) in [4.78, 5) is 12.5. The van der Waals surface area contributed by atoms with Crippen LogP contribution in [0, 0.1) is 0 Å². The molecule has 0 unspecified atom stereocenters. The Kier molecular flexibility index (Phi) is 5.29. The van der Waals surface area contributed by atoms with Crippen LogP contribution in [0.1, 0.15) is 0 Å². The molecule has 154 valence electrons. The highest BCUT2D eigenvalue weighted by molar-refractivity contribution is 7.89. The molecule has 0 atom stereocenters. The van der Waals surface area contributed by atoms with Crippen molar-refractivity contribution >= 4 is 32.7 Å². The van der Waals surface area contributed by atoms with E-state index in [0.717, 1.165) is 15.3 Å². The zero-order chi connectivity index (χ0) is 21.1. The topological polar surface area (TPSA) is 115 Å². The van der Waals surface area contributed by atoms with Gasteiger partial charge in [0.1, 0.15) is 12.2 Å². The first kappa shape index (κ1) is 19.7. The lowest BCUT2D eigenvalue weighted by atomic mass is 10.3. The van der Waals surface area contributed by atoms with Gasteiger partial charge in [-0.05, 0) is 24.3 Å². The van der Waals surface area contributed by atoms with Crippen molar-refractivity contribution in [2.45, 2.75) is 11.6 Å². The Labute approximate surface area is 172 Å². The Balaban J connectivity index is 1.39. The molecule has 30 heavy (non-hydrogen) atoms. The summed E-state index contributed by atoms with van der Waals surface area (Å²) in [6.45, 7) is -0.00516. The van der Waals surface area contributed by atoms with E-state index in [9.17, 15) is 13.2 Å². The molecule has 0 bridgehead atoms. The monoisotopic (exact) mass is 425 g/mol. The SMILES string of the molecule is CN(CC(=O)Nc1cnn(Cn2nnc3ccccc32)c1)S(=O)(=O)c1ccccc1. The van der Waals surface area contributed by atoms with Crippen LogP contribution < -0.4 is 5.32 Å². The van der Waals surface area contributed by atoms with E-state index in [4.69, 9.17) is 0 Å². The third kappa shape index (κ3) is 4.07. The van der Waals surface area contributed by atoms with Crippen molar-refractivity contribution in [3.8, 4) is 0 Å². The number of amides is 1. The average molecular weight is 425 g/mol. The number of fused-ring (bicyclic) bond motifs is 1. The smallest absolute Gasteiger partial charge is 0.243 e. The van der Waals surface area contributed by atoms with E-state index in [1.54, 1.807) is 33.8 Å². The second-order valence-corrected chi connectivity index (χ2v) is 8.65. The van der Waals surface area contributed by atoms with Gasteiger partial charge < -0.3 is 5.32 Å². The predicted octanol–water partition coefficient (Wildman–Crippen LogP) is 1.39. The Hall–Kier alpha value is -3.57. The lowest BCUT2D eigenvalue weighted by Crippen LogP contribution is -2.34. The van der Waals surface area contributed by atoms with Crippen molar-refractivity contribution < 1.29 is 13.2 Å². The molecule has 2 aromatic carbocycles. The maximum atomic E-state index is 12.5. The van der Waals surface area contributed by atoms with E-state index >= 15 is 0 Å². The highest BCUT2D eigenvalue weighted by Crippen LogP contribution is 2.14. The van der Waals surface area contributed by atoms with E-state index in [0.29, 0.717) is 12.4 Å². The van der Waals surface area contributed by atoms with Crippen LogP contribution in [0.3, 0.4) is 0 Å². The van der Waals surface area contributed by atoms with Crippen molar-refractivity contribution in [1.29, 1.82) is 0 Å². The number of aromatic nitrogens is 5. The number of nitrogens with one attached hydrogen (secondary N) is 1. The molecular formula is C19H19N7O3S. The number of hydrogen-bond donors (Lipinski definition) is 1. The normalized spacial score (nSPS) is 11.8. The summed E-state index contributed by atoms with van der Waals surface area (Å²) in [5.74, 6) is -0.470. The number of rotatable bonds is 7. The molecule has 1 N–H and O–H groups in total. The Morgan fingerprint density at radius 3 is 2.63 bits per heavy atom. The van der Waals surface area contributed by atoms with Crippen LogP contribution >= 0.6 is 0 Å². The maximum Gasteiger partial charge on any atom is 0.243 e. The molecule has 0 spiro atoms. The van der Waals surface area contributed by atoms with E-state index < -0.39 is 15.9 Å². The van der Waals surface area contributed by atoms with Gasteiger partial charge in [-0.15, -0.1) is 5.10 Å². The van der Waals surface area contributed by atoms with Crippen molar-refractivity contribution in [1.82, 2.24) is 29.1 Å². The van der Waals surface area contributed by atoms with Gasteiger partial charge in [-0.3, -0.25) is 4.79 Å². The quantitative estimate of drug-likeness (QED) is 0.479. The summed E-state index contributed by atoms with van der Waals surface area (Å²) in [5, 5.41) is 15.1. The second-order valence-electron chi connectivity index (χ2n) is 6.61. The maximum absolute atomic E-state index is 12.5. The van der Waals surface area contributed by atoms with Crippen LogP contribution in [0.15, 0.2) is 71.9 Å². The van der Waals surface area contributed by atoms with Gasteiger partial charge in [0.25, 0.3) is 0 Å². The van der Waals surface area contributed by atoms with E-state index in [1.165, 1.54) is 25.4 Å². The minimum absolute atomic E-state index is 0.133. The molecule has 10 nitrogen and oxygen atoms in total. The number of hydrogen-bond acceptors (Lipinski definition) is 6. The molecule has 0 aliphatic carbocycles. The Morgan fingerprint density at radius 1 is 1.10 bits per heavy atom. The molecule has 4 aromatic rings. The van der Waals surface area contributed by atoms with Crippen LogP contribution in [0.2, 0.25) is 0 Å². The molecule has 11 heteroatoms. The molecule has 0 aliphatic rings. The first-order valence-electron chi connectivity index (χ1n) is 9.05. The standard InChI is InChI=1S/C19H19N7O3S/c1-24(30(28,29)16-7-3-2-4-8-16)13-19(27)21-15-11-20-25(12-15)14-26-18-10-6-5-9-17(18)22-23-26/h2-12H,13-14H2,1H3,(H,21,27). The van der Waals surface area contributed by atoms with Gasteiger partial charge in [0.15, 0.2) is 0 Å². The summed E-state index contributed by atoms with van der Waals surface area (Å²) >= 11 is 0. The number of para-hydroxylation sites is 1. The van der Waals surface area contributed by atoms with E-state index in [-0.39, 0.29) is 11.4 Å². The number of carbonyl (C=O) groups is 1. The minimum atomic E-state index is -3.74. The Bertz CT molecular complexity index is 1280. The number of likely N-dealkylation sites (N-methyl/N-ethyl adjacent to an activating group) is 1. The molecule has 0 aliphatic heterocycles. The summed E-state index contributed by atoms with van der Waals surface area (Å²) in [5.41, 5.74) is 2.10. The number of nitrogens with zero attached hydrogens (tertiary/aromatic N) is 6. The second kappa shape index (κ2) is 8.05. The van der Waals surface area contributed by atoms with Crippen LogP contribution in [-0.2, 0) is 21.5 Å². The number of carbonyl (C=O) groups excluding carboxylic acids is 1. The fourth-order valence-electron chi connectivity index (χ4n) is 2.92. The zero-order valence-electron chi connectivity index (χ0n) is 16.1. The van der Waals surface area contributed by atoms with Crippen LogP contribution in [0.4, 0.5) is 5.69 Å². The van der Waals surface area contributed by atoms with Crippen molar-refractivity contribution in [3.05, 3.63) is 67.0 Å². The first-order valence-corrected chi connectivity index (χ1v) is 10.5. The van der Waals surface area contributed by atoms with Crippen molar-refractivity contribution in [2.24, 2.45) is 0 Å². The lowest BCUT2D eigenvalue weighted by Gasteiger charge is -2.16. The Morgan fingerprint density at radius 2 is 1.83 bits per heavy atom. The van der Waals surface area contributed by atoms with Gasteiger partial charge >= 0.3 is 0 Å². The third-order valence-electron chi connectivity index (χ3n) is 4.43. The van der Waals surface area contributed by atoms with Crippen LogP contribution in [-0.4, -0.2) is 57.0 Å². The molecule has 1 amide bonds. The summed E-state index contributed by atoms with van der Waals surface area (Å²) < 4.78 is 29.3. The molecule has 0 saturated carbocycles. The molecule has 2 heterocycles. The highest BCUT2D eigenvalue weighted by Gasteiger charge is 2.22. The number of sulfonamides is 1. The van der Waals surface area contributed by atoms with E-state index in [2.05, 4.69) is 20.7 Å². The van der Waals surface area contributed by atoms with E-state index in [1.807, 2.05) is 24.3 Å². The number of benzene rings is 2. The summed E-state index contributed by atoms with van der Waals surface area (Å²) in [7, 11) is -2.38. The fourth-order valence-corrected chi connectivity index (χ4v) is 4.07. The van der Waals surface area contributed by atoms with Gasteiger partial charge in [-0.25, -0.2) is 17.8 Å². The molecule has 0 radical (unpaired) electrons. The molecule has 4 rings (SSSR count). The molecule has 2 aromatic heterocycles. The first-order chi connectivity index (χ1) is 14.4. The van der Waals surface area contributed by atoms with Gasteiger partial charge in [0, 0.05) is 7.05 Å². The van der Waals surface area contributed by atoms with Gasteiger partial charge in [0.05, 0.1) is 35.0 Å². The van der Waals surface area contributed by atoms with Gasteiger partial charge in [-0.2, -0.15) is 9.40 Å². The van der Waals surface area contributed by atoms with Crippen LogP contribution in [0.25, 0.3) is 11.0 Å². The van der Waals surface area contributed by atoms with Gasteiger partial charge in [-0.1, -0.05) is 35.5 Å². The molecule has 0 saturated heterocycles. The minimum Gasteiger partial charge on any atom is -0.322 e. The lowest BCUT2D eigenvalue weighted by molar-refractivity contribution is -0.116. The largest absolute Gasteiger partial charge is 0.322 e. The predicted molar refractivity (Wildman–Crippen MR) is 110 cm³/mol. The number of anilines is 1. The summed E-state index contributed by atoms with van der Waals surface area (Å²) in [6, 6.07) is 15.5. The summed E-state index contributed by atoms with van der Waals surface area (Å²) in [6.07, 6.45) is 3.13. The van der Waals surface area contributed by atoms with Crippen molar-refractivity contribution in [2.75, 3.05) is 18.9 Å². The van der Waals surface area contributed by atoms with Crippen molar-refractivity contribution in [3.63, 3.8) is 0 Å². The average Bonchev–Trinajstić information content (AvgIpc) is 3.36. The third-order valence-corrected chi connectivity index (χ3v) is 6.25. The van der Waals surface area contributed by atoms with Gasteiger partial charge in [0.2, 0.25) is 15.9 Å². The highest BCUT2D eigenvalue weighted by atomic mass is 32.2. The zero-order valence-corrected chi connectivity index (χ0v) is 16.9. The van der Waals surface area contributed by atoms with Crippen LogP contribution in [0.5, 0.6) is 0 Å². The molecular weight excluding hydrogens is 406 g/mol. The fraction of sp³-hybridized carbons (Fsp3) is 0.158. The molecule has 0 fully saturated rings.